The number of carbonyl (C=O) groups excluding carboxylic acids is 2. The second kappa shape index (κ2) is 8.15. The maximum atomic E-state index is 12.7. The summed E-state index contributed by atoms with van der Waals surface area (Å²) in [6, 6.07) is 17.2. The number of aryl methyl sites for hydroxylation is 1. The van der Waals surface area contributed by atoms with Crippen molar-refractivity contribution in [2.75, 3.05) is 0 Å². The first-order valence-corrected chi connectivity index (χ1v) is 9.06. The first kappa shape index (κ1) is 18.1. The van der Waals surface area contributed by atoms with Crippen molar-refractivity contribution in [1.29, 1.82) is 0 Å². The number of amides is 2. The minimum absolute atomic E-state index is 0.115. The Balaban J connectivity index is 1.65. The van der Waals surface area contributed by atoms with E-state index in [-0.39, 0.29) is 30.4 Å². The summed E-state index contributed by atoms with van der Waals surface area (Å²) in [6.07, 6.45) is 0.770. The van der Waals surface area contributed by atoms with Crippen LogP contribution in [0, 0.1) is 0 Å². The highest BCUT2D eigenvalue weighted by Gasteiger charge is 2.31. The first-order valence-electron chi connectivity index (χ1n) is 9.06. The van der Waals surface area contributed by atoms with Gasteiger partial charge in [0, 0.05) is 0 Å². The summed E-state index contributed by atoms with van der Waals surface area (Å²) in [7, 11) is 0. The largest absolute Gasteiger partial charge is 0.348 e. The second-order valence-electron chi connectivity index (χ2n) is 6.66. The van der Waals surface area contributed by atoms with Crippen LogP contribution in [0.3, 0.4) is 0 Å². The van der Waals surface area contributed by atoms with Crippen molar-refractivity contribution in [2.45, 2.75) is 44.9 Å². The Kier molecular flexibility index (Phi) is 5.68. The molecular formula is C21H25N3O2. The lowest BCUT2D eigenvalue weighted by molar-refractivity contribution is -0.132. The molecule has 1 aliphatic heterocycles. The molecule has 1 aliphatic rings. The molecule has 0 aliphatic carbocycles. The van der Waals surface area contributed by atoms with Crippen LogP contribution in [0.5, 0.6) is 0 Å². The number of carbonyl (C=O) groups is 2. The highest BCUT2D eigenvalue weighted by atomic mass is 16.2. The molecule has 5 heteroatoms. The van der Waals surface area contributed by atoms with Crippen molar-refractivity contribution in [3.05, 3.63) is 71.3 Å². The van der Waals surface area contributed by atoms with Crippen LogP contribution in [0.2, 0.25) is 0 Å². The van der Waals surface area contributed by atoms with Gasteiger partial charge in [-0.3, -0.25) is 14.9 Å². The maximum Gasteiger partial charge on any atom is 0.238 e. The summed E-state index contributed by atoms with van der Waals surface area (Å²) in [5, 5.41) is 9.13. The van der Waals surface area contributed by atoms with Crippen molar-refractivity contribution in [3.63, 3.8) is 0 Å². The third-order valence-electron chi connectivity index (χ3n) is 4.76. The number of benzene rings is 2. The van der Waals surface area contributed by atoms with Crippen molar-refractivity contribution in [1.82, 2.24) is 16.0 Å². The molecule has 0 radical (unpaired) electrons. The molecule has 0 spiro atoms. The molecule has 3 unspecified atom stereocenters. The molecule has 26 heavy (non-hydrogen) atoms. The van der Waals surface area contributed by atoms with Gasteiger partial charge in [-0.25, -0.2) is 0 Å². The van der Waals surface area contributed by atoms with Gasteiger partial charge in [-0.15, -0.1) is 0 Å². The average molecular weight is 351 g/mol. The lowest BCUT2D eigenvalue weighted by Gasteiger charge is -2.31. The Hall–Kier alpha value is -2.66. The molecule has 1 fully saturated rings. The van der Waals surface area contributed by atoms with E-state index in [4.69, 9.17) is 0 Å². The van der Waals surface area contributed by atoms with Crippen molar-refractivity contribution in [2.24, 2.45) is 0 Å². The first-order chi connectivity index (χ1) is 12.6. The van der Waals surface area contributed by atoms with Crippen molar-refractivity contribution in [3.8, 4) is 0 Å². The molecule has 1 saturated heterocycles. The zero-order valence-corrected chi connectivity index (χ0v) is 15.2. The van der Waals surface area contributed by atoms with Crippen LogP contribution < -0.4 is 16.0 Å². The molecule has 0 saturated carbocycles. The van der Waals surface area contributed by atoms with Gasteiger partial charge in [-0.2, -0.15) is 0 Å². The van der Waals surface area contributed by atoms with Gasteiger partial charge in [0.15, 0.2) is 0 Å². The normalized spacial score (nSPS) is 20.9. The van der Waals surface area contributed by atoms with Crippen LogP contribution in [-0.2, 0) is 16.0 Å². The predicted molar refractivity (Wildman–Crippen MR) is 101 cm³/mol. The van der Waals surface area contributed by atoms with E-state index in [2.05, 4.69) is 35.0 Å². The van der Waals surface area contributed by atoms with Gasteiger partial charge in [0.1, 0.15) is 6.17 Å². The Morgan fingerprint density at radius 1 is 1.15 bits per heavy atom. The summed E-state index contributed by atoms with van der Waals surface area (Å²) >= 11 is 0. The molecule has 2 amide bonds. The number of hydrogen-bond donors (Lipinski definition) is 3. The van der Waals surface area contributed by atoms with Crippen LogP contribution in [0.1, 0.15) is 49.2 Å². The van der Waals surface area contributed by atoms with E-state index in [9.17, 15) is 9.59 Å². The van der Waals surface area contributed by atoms with E-state index in [0.29, 0.717) is 0 Å². The lowest BCUT2D eigenvalue weighted by atomic mass is 10.0. The maximum absolute atomic E-state index is 12.7. The van der Waals surface area contributed by atoms with Crippen LogP contribution in [0.15, 0.2) is 54.6 Å². The van der Waals surface area contributed by atoms with E-state index in [1.165, 1.54) is 5.56 Å². The van der Waals surface area contributed by atoms with Gasteiger partial charge in [0.2, 0.25) is 11.8 Å². The molecule has 3 atom stereocenters. The molecule has 1 heterocycles. The fourth-order valence-corrected chi connectivity index (χ4v) is 3.14. The fourth-order valence-electron chi connectivity index (χ4n) is 3.14. The molecule has 2 aromatic rings. The molecule has 0 bridgehead atoms. The van der Waals surface area contributed by atoms with Gasteiger partial charge in [0.05, 0.1) is 18.5 Å². The average Bonchev–Trinajstić information content (AvgIpc) is 2.68. The molecule has 5 nitrogen and oxygen atoms in total. The van der Waals surface area contributed by atoms with Crippen molar-refractivity contribution >= 4 is 11.8 Å². The molecule has 136 valence electrons. The highest BCUT2D eigenvalue weighted by Crippen LogP contribution is 2.18. The summed E-state index contributed by atoms with van der Waals surface area (Å²) < 4.78 is 0. The van der Waals surface area contributed by atoms with Gasteiger partial charge in [-0.1, -0.05) is 61.5 Å². The third kappa shape index (κ3) is 4.29. The third-order valence-corrected chi connectivity index (χ3v) is 4.76. The number of hydrogen-bond acceptors (Lipinski definition) is 3. The summed E-state index contributed by atoms with van der Waals surface area (Å²) in [5.41, 5.74) is 3.25. The molecule has 3 rings (SSSR count). The molecule has 0 aromatic heterocycles. The van der Waals surface area contributed by atoms with Crippen LogP contribution >= 0.6 is 0 Å². The molecular weight excluding hydrogens is 326 g/mol. The van der Waals surface area contributed by atoms with Gasteiger partial charge in [-0.05, 0) is 30.0 Å². The van der Waals surface area contributed by atoms with Gasteiger partial charge < -0.3 is 10.6 Å². The highest BCUT2D eigenvalue weighted by molar-refractivity contribution is 5.89. The SMILES string of the molecule is CCc1ccc(C(C)NC(=O)C2CC(=O)NC(c3ccccc3)N2)cc1. The van der Waals surface area contributed by atoms with E-state index < -0.39 is 6.04 Å². The minimum Gasteiger partial charge on any atom is -0.348 e. The lowest BCUT2D eigenvalue weighted by Crippen LogP contribution is -2.56. The minimum atomic E-state index is -0.550. The van der Waals surface area contributed by atoms with E-state index >= 15 is 0 Å². The molecule has 2 aromatic carbocycles. The number of nitrogens with one attached hydrogen (secondary N) is 3. The Bertz CT molecular complexity index is 759. The van der Waals surface area contributed by atoms with Gasteiger partial charge >= 0.3 is 0 Å². The summed E-state index contributed by atoms with van der Waals surface area (Å²) in [4.78, 5) is 24.7. The Labute approximate surface area is 154 Å². The monoisotopic (exact) mass is 351 g/mol. The van der Waals surface area contributed by atoms with Crippen molar-refractivity contribution < 1.29 is 9.59 Å². The summed E-state index contributed by atoms with van der Waals surface area (Å²) in [5.74, 6) is -0.287. The summed E-state index contributed by atoms with van der Waals surface area (Å²) in [6.45, 7) is 4.07. The van der Waals surface area contributed by atoms with Crippen LogP contribution in [-0.4, -0.2) is 17.9 Å². The zero-order valence-electron chi connectivity index (χ0n) is 15.2. The van der Waals surface area contributed by atoms with Gasteiger partial charge in [0.25, 0.3) is 0 Å². The molecule has 3 N–H and O–H groups in total. The Morgan fingerprint density at radius 2 is 1.85 bits per heavy atom. The fraction of sp³-hybridized carbons (Fsp3) is 0.333. The van der Waals surface area contributed by atoms with E-state index in [1.807, 2.05) is 49.4 Å². The van der Waals surface area contributed by atoms with E-state index in [0.717, 1.165) is 17.5 Å². The number of rotatable bonds is 5. The predicted octanol–water partition coefficient (Wildman–Crippen LogP) is 2.60. The second-order valence-corrected chi connectivity index (χ2v) is 6.66. The smallest absolute Gasteiger partial charge is 0.238 e. The quantitative estimate of drug-likeness (QED) is 0.775. The topological polar surface area (TPSA) is 70.2 Å². The van der Waals surface area contributed by atoms with Crippen LogP contribution in [0.25, 0.3) is 0 Å². The Morgan fingerprint density at radius 3 is 2.50 bits per heavy atom. The van der Waals surface area contributed by atoms with E-state index in [1.54, 1.807) is 0 Å². The standard InChI is InChI=1S/C21H25N3O2/c1-3-15-9-11-16(12-10-15)14(2)22-21(26)18-13-19(25)24-20(23-18)17-7-5-4-6-8-17/h4-12,14,18,20,23H,3,13H2,1-2H3,(H,22,26)(H,24,25). The van der Waals surface area contributed by atoms with Crippen LogP contribution in [0.4, 0.5) is 0 Å². The zero-order chi connectivity index (χ0) is 18.5.